The molecule has 1 saturated heterocycles. The number of sulfonamides is 1. The number of hydrogen-bond donors (Lipinski definition) is 1. The van der Waals surface area contributed by atoms with Crippen LogP contribution in [0.5, 0.6) is 0 Å². The summed E-state index contributed by atoms with van der Waals surface area (Å²) in [6, 6.07) is 8.28. The lowest BCUT2D eigenvalue weighted by molar-refractivity contribution is -0.121. The van der Waals surface area contributed by atoms with Crippen molar-refractivity contribution < 1.29 is 13.2 Å². The molecule has 146 valence electrons. The fourth-order valence-corrected chi connectivity index (χ4v) is 4.74. The number of amides is 1. The number of carbonyl (C=O) groups is 1. The average Bonchev–Trinajstić information content (AvgIpc) is 2.63. The predicted molar refractivity (Wildman–Crippen MR) is 109 cm³/mol. The zero-order valence-corrected chi connectivity index (χ0v) is 17.7. The first-order valence-corrected chi connectivity index (χ1v) is 11.8. The zero-order chi connectivity index (χ0) is 19.0. The Labute approximate surface area is 165 Å². The second-order valence-corrected chi connectivity index (χ2v) is 9.42. The molecule has 0 bridgehead atoms. The van der Waals surface area contributed by atoms with Gasteiger partial charge in [-0.3, -0.25) is 4.79 Å². The molecule has 8 heteroatoms. The van der Waals surface area contributed by atoms with Crippen molar-refractivity contribution in [3.05, 3.63) is 29.8 Å². The van der Waals surface area contributed by atoms with E-state index in [-0.39, 0.29) is 11.7 Å². The van der Waals surface area contributed by atoms with Crippen molar-refractivity contribution in [2.75, 3.05) is 48.7 Å². The summed E-state index contributed by atoms with van der Waals surface area (Å²) in [5, 5.41) is 3.57. The number of alkyl halides is 1. The molecule has 0 saturated carbocycles. The molecule has 1 fully saturated rings. The molecule has 1 heterocycles. The van der Waals surface area contributed by atoms with Crippen LogP contribution in [-0.2, 0) is 14.8 Å². The van der Waals surface area contributed by atoms with Crippen molar-refractivity contribution in [1.82, 2.24) is 9.62 Å². The Hall–Kier alpha value is -1.12. The van der Waals surface area contributed by atoms with Crippen molar-refractivity contribution >= 4 is 37.5 Å². The molecule has 1 aromatic carbocycles. The van der Waals surface area contributed by atoms with Gasteiger partial charge >= 0.3 is 0 Å². The van der Waals surface area contributed by atoms with E-state index in [0.717, 1.165) is 17.4 Å². The van der Waals surface area contributed by atoms with Crippen LogP contribution in [0.3, 0.4) is 0 Å². The van der Waals surface area contributed by atoms with Gasteiger partial charge in [-0.25, -0.2) is 8.42 Å². The summed E-state index contributed by atoms with van der Waals surface area (Å²) >= 11 is 3.28. The quantitative estimate of drug-likeness (QED) is 0.466. The van der Waals surface area contributed by atoms with Crippen molar-refractivity contribution in [2.45, 2.75) is 26.2 Å². The smallest absolute Gasteiger partial charge is 0.220 e. The normalized spacial score (nSPS) is 15.8. The molecule has 0 unspecified atom stereocenters. The molecular weight excluding hydrogens is 418 g/mol. The van der Waals surface area contributed by atoms with Gasteiger partial charge in [-0.05, 0) is 37.5 Å². The first-order valence-electron chi connectivity index (χ1n) is 9.04. The lowest BCUT2D eigenvalue weighted by Gasteiger charge is -2.35. The van der Waals surface area contributed by atoms with Gasteiger partial charge in [0, 0.05) is 50.2 Å². The minimum Gasteiger partial charge on any atom is -0.369 e. The van der Waals surface area contributed by atoms with Crippen LogP contribution >= 0.6 is 15.9 Å². The van der Waals surface area contributed by atoms with E-state index in [1.54, 1.807) is 4.31 Å². The summed E-state index contributed by atoms with van der Waals surface area (Å²) < 4.78 is 26.6. The van der Waals surface area contributed by atoms with Gasteiger partial charge in [0.15, 0.2) is 0 Å². The maximum Gasteiger partial charge on any atom is 0.220 e. The standard InChI is InChI=1S/C18H28BrN3O3S/c1-16-5-2-6-17(15-16)21-10-12-22(13-11-21)26(24,25)14-4-9-20-18(23)7-3-8-19/h2,5-6,15H,3-4,7-14H2,1H3,(H,20,23). The van der Waals surface area contributed by atoms with Crippen LogP contribution in [0.1, 0.15) is 24.8 Å². The number of piperazine rings is 1. The topological polar surface area (TPSA) is 69.7 Å². The number of halogens is 1. The monoisotopic (exact) mass is 445 g/mol. The second-order valence-electron chi connectivity index (χ2n) is 6.54. The van der Waals surface area contributed by atoms with E-state index >= 15 is 0 Å². The van der Waals surface area contributed by atoms with E-state index in [1.807, 2.05) is 6.07 Å². The second kappa shape index (κ2) is 10.3. The molecule has 0 aliphatic carbocycles. The van der Waals surface area contributed by atoms with E-state index < -0.39 is 10.0 Å². The molecule has 1 amide bonds. The van der Waals surface area contributed by atoms with Gasteiger partial charge in [0.25, 0.3) is 0 Å². The summed E-state index contributed by atoms with van der Waals surface area (Å²) in [5.41, 5.74) is 2.35. The van der Waals surface area contributed by atoms with Crippen LogP contribution in [0, 0.1) is 6.92 Å². The molecule has 0 spiro atoms. The molecular formula is C18H28BrN3O3S. The number of aryl methyl sites for hydroxylation is 1. The highest BCUT2D eigenvalue weighted by molar-refractivity contribution is 9.09. The molecule has 0 radical (unpaired) electrons. The predicted octanol–water partition coefficient (Wildman–Crippen LogP) is 2.13. The minimum absolute atomic E-state index is 0.0198. The Bertz CT molecular complexity index is 689. The largest absolute Gasteiger partial charge is 0.369 e. The first-order chi connectivity index (χ1) is 12.4. The fourth-order valence-electron chi connectivity index (χ4n) is 2.98. The Kier molecular flexibility index (Phi) is 8.37. The van der Waals surface area contributed by atoms with Gasteiger partial charge in [0.2, 0.25) is 15.9 Å². The summed E-state index contributed by atoms with van der Waals surface area (Å²) in [5.74, 6) is 0.0597. The zero-order valence-electron chi connectivity index (χ0n) is 15.3. The highest BCUT2D eigenvalue weighted by atomic mass is 79.9. The third-order valence-corrected chi connectivity index (χ3v) is 6.95. The van der Waals surface area contributed by atoms with Crippen molar-refractivity contribution in [2.24, 2.45) is 0 Å². The van der Waals surface area contributed by atoms with Crippen molar-refractivity contribution in [3.63, 3.8) is 0 Å². The van der Waals surface area contributed by atoms with Gasteiger partial charge in [-0.2, -0.15) is 4.31 Å². The van der Waals surface area contributed by atoms with Gasteiger partial charge in [0.05, 0.1) is 5.75 Å². The van der Waals surface area contributed by atoms with Crippen LogP contribution < -0.4 is 10.2 Å². The summed E-state index contributed by atoms with van der Waals surface area (Å²) in [7, 11) is -3.26. The Morgan fingerprint density at radius 1 is 1.19 bits per heavy atom. The van der Waals surface area contributed by atoms with E-state index in [4.69, 9.17) is 0 Å². The van der Waals surface area contributed by atoms with Gasteiger partial charge in [-0.1, -0.05) is 28.1 Å². The van der Waals surface area contributed by atoms with E-state index in [1.165, 1.54) is 5.56 Å². The lowest BCUT2D eigenvalue weighted by atomic mass is 10.2. The van der Waals surface area contributed by atoms with Gasteiger partial charge in [-0.15, -0.1) is 0 Å². The molecule has 1 N–H and O–H groups in total. The first kappa shape index (κ1) is 21.2. The Balaban J connectivity index is 1.74. The number of hydrogen-bond acceptors (Lipinski definition) is 4. The molecule has 6 nitrogen and oxygen atoms in total. The summed E-state index contributed by atoms with van der Waals surface area (Å²) in [4.78, 5) is 13.8. The number of anilines is 1. The molecule has 26 heavy (non-hydrogen) atoms. The highest BCUT2D eigenvalue weighted by Crippen LogP contribution is 2.19. The number of rotatable bonds is 9. The minimum atomic E-state index is -3.26. The summed E-state index contributed by atoms with van der Waals surface area (Å²) in [6.07, 6.45) is 1.70. The lowest BCUT2D eigenvalue weighted by Crippen LogP contribution is -2.49. The number of nitrogens with one attached hydrogen (secondary N) is 1. The summed E-state index contributed by atoms with van der Waals surface area (Å²) in [6.45, 7) is 4.88. The molecule has 1 aliphatic heterocycles. The fraction of sp³-hybridized carbons (Fsp3) is 0.611. The van der Waals surface area contributed by atoms with Crippen LogP contribution in [0.4, 0.5) is 5.69 Å². The van der Waals surface area contributed by atoms with Crippen LogP contribution in [0.25, 0.3) is 0 Å². The van der Waals surface area contributed by atoms with E-state index in [0.29, 0.717) is 45.6 Å². The van der Waals surface area contributed by atoms with Gasteiger partial charge in [0.1, 0.15) is 0 Å². The van der Waals surface area contributed by atoms with E-state index in [2.05, 4.69) is 51.3 Å². The van der Waals surface area contributed by atoms with Crippen molar-refractivity contribution in [1.29, 1.82) is 0 Å². The molecule has 1 aliphatic rings. The van der Waals surface area contributed by atoms with Gasteiger partial charge < -0.3 is 10.2 Å². The Morgan fingerprint density at radius 3 is 2.58 bits per heavy atom. The Morgan fingerprint density at radius 2 is 1.92 bits per heavy atom. The number of nitrogens with zero attached hydrogens (tertiary/aromatic N) is 2. The van der Waals surface area contributed by atoms with Crippen LogP contribution in [0.2, 0.25) is 0 Å². The maximum absolute atomic E-state index is 12.5. The van der Waals surface area contributed by atoms with Crippen molar-refractivity contribution in [3.8, 4) is 0 Å². The SMILES string of the molecule is Cc1cccc(N2CCN(S(=O)(=O)CCCNC(=O)CCCBr)CC2)c1. The molecule has 0 aromatic heterocycles. The number of carbonyl (C=O) groups excluding carboxylic acids is 1. The van der Waals surface area contributed by atoms with E-state index in [9.17, 15) is 13.2 Å². The van der Waals surface area contributed by atoms with Crippen LogP contribution in [-0.4, -0.2) is 62.4 Å². The molecule has 2 rings (SSSR count). The third-order valence-electron chi connectivity index (χ3n) is 4.44. The highest BCUT2D eigenvalue weighted by Gasteiger charge is 2.26. The van der Waals surface area contributed by atoms with Crippen LogP contribution in [0.15, 0.2) is 24.3 Å². The maximum atomic E-state index is 12.5. The molecule has 1 aromatic rings. The third kappa shape index (κ3) is 6.55. The molecule has 0 atom stereocenters. The number of benzene rings is 1. The average molecular weight is 446 g/mol.